The molecular weight excluding hydrogens is 430 g/mol. The van der Waals surface area contributed by atoms with E-state index >= 15 is 0 Å². The Balaban J connectivity index is 0.00000141. The Morgan fingerprint density at radius 2 is 1.40 bits per heavy atom. The summed E-state index contributed by atoms with van der Waals surface area (Å²) in [5.41, 5.74) is 7.68. The Bertz CT molecular complexity index is 1360. The van der Waals surface area contributed by atoms with Crippen molar-refractivity contribution in [1.29, 1.82) is 0 Å². The van der Waals surface area contributed by atoms with Crippen molar-refractivity contribution in [2.24, 2.45) is 0 Å². The van der Waals surface area contributed by atoms with Crippen LogP contribution in [0.2, 0.25) is 0 Å². The number of hydrogen-bond acceptors (Lipinski definition) is 3. The zero-order chi connectivity index (χ0) is 24.9. The van der Waals surface area contributed by atoms with Gasteiger partial charge in [0, 0.05) is 48.1 Å². The number of anilines is 1. The maximum atomic E-state index is 6.31. The summed E-state index contributed by atoms with van der Waals surface area (Å²) in [6.07, 6.45) is 12.5. The Morgan fingerprint density at radius 3 is 2.17 bits per heavy atom. The minimum Gasteiger partial charge on any atom is -0.456 e. The van der Waals surface area contributed by atoms with E-state index in [9.17, 15) is 0 Å². The van der Waals surface area contributed by atoms with Crippen LogP contribution in [-0.4, -0.2) is 14.1 Å². The lowest BCUT2D eigenvalue weighted by Crippen LogP contribution is -2.11. The van der Waals surface area contributed by atoms with Gasteiger partial charge in [-0.2, -0.15) is 0 Å². The van der Waals surface area contributed by atoms with Crippen molar-refractivity contribution in [3.05, 3.63) is 101 Å². The van der Waals surface area contributed by atoms with E-state index in [0.717, 1.165) is 62.1 Å². The smallest absolute Gasteiger partial charge is 0.136 e. The largest absolute Gasteiger partial charge is 0.456 e. The van der Waals surface area contributed by atoms with Gasteiger partial charge in [-0.15, -0.1) is 0 Å². The second-order valence-electron chi connectivity index (χ2n) is 8.51. The molecule has 0 spiro atoms. The first-order chi connectivity index (χ1) is 17.0. The Labute approximate surface area is 209 Å². The fraction of sp³-hybridized carbons (Fsp3) is 0.188. The van der Waals surface area contributed by atoms with Crippen molar-refractivity contribution in [2.45, 2.75) is 27.7 Å². The highest BCUT2D eigenvalue weighted by molar-refractivity contribution is 5.87. The quantitative estimate of drug-likeness (QED) is 0.303. The molecule has 0 amide bonds. The first-order valence-corrected chi connectivity index (χ1v) is 12.2. The minimum atomic E-state index is 0.858. The molecule has 3 nitrogen and oxygen atoms in total. The SMILES string of the molecule is C/C=C\C1=C(C)C=Cc2cc(-c3ccc4c(c3)C=Cc3ccccc3O4)c(N(C)C)cc2O1.CC. The number of para-hydroxylation sites is 1. The summed E-state index contributed by atoms with van der Waals surface area (Å²) >= 11 is 0. The molecule has 0 saturated heterocycles. The van der Waals surface area contributed by atoms with Gasteiger partial charge in [0.15, 0.2) is 0 Å². The van der Waals surface area contributed by atoms with E-state index in [1.54, 1.807) is 0 Å². The number of ether oxygens (including phenoxy) is 2. The van der Waals surface area contributed by atoms with Crippen molar-refractivity contribution in [3.8, 4) is 28.4 Å². The maximum absolute atomic E-state index is 6.31. The van der Waals surface area contributed by atoms with Gasteiger partial charge in [-0.1, -0.05) is 68.5 Å². The van der Waals surface area contributed by atoms with Crippen molar-refractivity contribution in [3.63, 3.8) is 0 Å². The number of allylic oxidation sites excluding steroid dienone is 4. The maximum Gasteiger partial charge on any atom is 0.136 e. The van der Waals surface area contributed by atoms with Crippen LogP contribution in [0.25, 0.3) is 29.4 Å². The molecule has 2 heterocycles. The Kier molecular flexibility index (Phi) is 7.26. The molecule has 2 aliphatic heterocycles. The molecule has 5 rings (SSSR count). The molecule has 0 bridgehead atoms. The van der Waals surface area contributed by atoms with Gasteiger partial charge >= 0.3 is 0 Å². The highest BCUT2D eigenvalue weighted by atomic mass is 16.5. The second-order valence-corrected chi connectivity index (χ2v) is 8.51. The van der Waals surface area contributed by atoms with Crippen LogP contribution in [0.3, 0.4) is 0 Å². The molecule has 0 saturated carbocycles. The number of rotatable bonds is 3. The summed E-state index contributed by atoms with van der Waals surface area (Å²) < 4.78 is 12.5. The third-order valence-corrected chi connectivity index (χ3v) is 5.95. The van der Waals surface area contributed by atoms with Crippen LogP contribution < -0.4 is 14.4 Å². The third-order valence-electron chi connectivity index (χ3n) is 5.95. The first-order valence-electron chi connectivity index (χ1n) is 12.2. The fourth-order valence-corrected chi connectivity index (χ4v) is 4.17. The second kappa shape index (κ2) is 10.5. The summed E-state index contributed by atoms with van der Waals surface area (Å²) in [7, 11) is 4.13. The molecule has 0 fully saturated rings. The van der Waals surface area contributed by atoms with Crippen LogP contribution in [0.1, 0.15) is 44.4 Å². The van der Waals surface area contributed by atoms with Crippen LogP contribution in [-0.2, 0) is 0 Å². The number of benzene rings is 3. The van der Waals surface area contributed by atoms with Crippen LogP contribution in [0.5, 0.6) is 17.2 Å². The van der Waals surface area contributed by atoms with E-state index in [0.29, 0.717) is 0 Å². The van der Waals surface area contributed by atoms with E-state index < -0.39 is 0 Å². The van der Waals surface area contributed by atoms with Crippen LogP contribution in [0.4, 0.5) is 5.69 Å². The van der Waals surface area contributed by atoms with Crippen molar-refractivity contribution in [1.82, 2.24) is 0 Å². The highest BCUT2D eigenvalue weighted by Gasteiger charge is 2.18. The van der Waals surface area contributed by atoms with Gasteiger partial charge in [-0.25, -0.2) is 0 Å². The standard InChI is InChI=1S/C30H27NO2.C2H6/c1-5-8-27-20(2)11-12-24-18-25(26(31(3)4)19-30(24)32-27)22-15-16-29-23(17-22)14-13-21-9-6-7-10-28(21)33-29;1-2/h5-19H,1-4H3;1-2H3/b8-5-;. The molecule has 0 radical (unpaired) electrons. The van der Waals surface area contributed by atoms with E-state index in [1.165, 1.54) is 0 Å². The molecule has 0 aliphatic carbocycles. The van der Waals surface area contributed by atoms with E-state index in [2.05, 4.69) is 86.6 Å². The lowest BCUT2D eigenvalue weighted by molar-refractivity contribution is 0.440. The average molecular weight is 464 g/mol. The van der Waals surface area contributed by atoms with E-state index in [-0.39, 0.29) is 0 Å². The van der Waals surface area contributed by atoms with Gasteiger partial charge in [0.05, 0.1) is 0 Å². The van der Waals surface area contributed by atoms with E-state index in [1.807, 2.05) is 51.1 Å². The fourth-order valence-electron chi connectivity index (χ4n) is 4.17. The lowest BCUT2D eigenvalue weighted by atomic mass is 9.97. The summed E-state index contributed by atoms with van der Waals surface area (Å²) in [6, 6.07) is 18.8. The number of fused-ring (bicyclic) bond motifs is 3. The van der Waals surface area contributed by atoms with Crippen LogP contribution in [0.15, 0.2) is 84.2 Å². The highest BCUT2D eigenvalue weighted by Crippen LogP contribution is 2.41. The van der Waals surface area contributed by atoms with Crippen molar-refractivity contribution >= 4 is 23.9 Å². The van der Waals surface area contributed by atoms with Gasteiger partial charge in [0.2, 0.25) is 0 Å². The number of hydrogen-bond donors (Lipinski definition) is 0. The van der Waals surface area contributed by atoms with Gasteiger partial charge in [-0.05, 0) is 55.3 Å². The molecule has 2 aliphatic rings. The molecule has 0 atom stereocenters. The molecule has 3 aromatic carbocycles. The normalized spacial score (nSPS) is 13.4. The van der Waals surface area contributed by atoms with Gasteiger partial charge in [0.25, 0.3) is 0 Å². The average Bonchev–Trinajstić information content (AvgIpc) is 3.16. The lowest BCUT2D eigenvalue weighted by Gasteiger charge is -2.21. The van der Waals surface area contributed by atoms with Crippen molar-refractivity contribution < 1.29 is 9.47 Å². The third kappa shape index (κ3) is 4.95. The molecule has 3 heteroatoms. The topological polar surface area (TPSA) is 21.7 Å². The molecule has 0 unspecified atom stereocenters. The predicted molar refractivity (Wildman–Crippen MR) is 150 cm³/mol. The first kappa shape index (κ1) is 24.2. The Morgan fingerprint density at radius 1 is 0.714 bits per heavy atom. The molecule has 3 aromatic rings. The zero-order valence-electron chi connectivity index (χ0n) is 21.4. The summed E-state index contributed by atoms with van der Waals surface area (Å²) in [4.78, 5) is 2.13. The molecule has 178 valence electrons. The molecular formula is C32H33NO2. The van der Waals surface area contributed by atoms with Gasteiger partial charge in [-0.3, -0.25) is 0 Å². The zero-order valence-corrected chi connectivity index (χ0v) is 21.4. The minimum absolute atomic E-state index is 0.858. The molecule has 35 heavy (non-hydrogen) atoms. The van der Waals surface area contributed by atoms with Crippen LogP contribution >= 0.6 is 0 Å². The monoisotopic (exact) mass is 463 g/mol. The van der Waals surface area contributed by atoms with Crippen LogP contribution in [0, 0.1) is 0 Å². The predicted octanol–water partition coefficient (Wildman–Crippen LogP) is 8.98. The summed E-state index contributed by atoms with van der Waals surface area (Å²) in [5, 5.41) is 0. The molecule has 0 aromatic heterocycles. The number of nitrogens with zero attached hydrogens (tertiary/aromatic N) is 1. The van der Waals surface area contributed by atoms with Gasteiger partial charge < -0.3 is 14.4 Å². The summed E-state index contributed by atoms with van der Waals surface area (Å²) in [5.74, 6) is 3.47. The molecule has 0 N–H and O–H groups in total. The van der Waals surface area contributed by atoms with Crippen molar-refractivity contribution in [2.75, 3.05) is 19.0 Å². The van der Waals surface area contributed by atoms with E-state index in [4.69, 9.17) is 9.47 Å². The Hall–Kier alpha value is -3.98. The summed E-state index contributed by atoms with van der Waals surface area (Å²) in [6.45, 7) is 8.07. The van der Waals surface area contributed by atoms with Gasteiger partial charge in [0.1, 0.15) is 23.0 Å².